The highest BCUT2D eigenvalue weighted by atomic mass is 32.2. The molecule has 1 heterocycles. The summed E-state index contributed by atoms with van der Waals surface area (Å²) in [6, 6.07) is 16.1. The summed E-state index contributed by atoms with van der Waals surface area (Å²) in [7, 11) is -2.15. The topological polar surface area (TPSA) is 59.5 Å². The minimum absolute atomic E-state index is 0.285. The van der Waals surface area contributed by atoms with Crippen molar-refractivity contribution in [3.8, 4) is 5.75 Å². The van der Waals surface area contributed by atoms with Crippen LogP contribution in [0, 0.1) is 0 Å². The van der Waals surface area contributed by atoms with E-state index in [0.29, 0.717) is 23.5 Å². The molecule has 0 amide bonds. The summed E-state index contributed by atoms with van der Waals surface area (Å²) >= 11 is 0. The molecule has 0 fully saturated rings. The normalized spacial score (nSPS) is 11.6. The monoisotopic (exact) mass is 468 g/mol. The molecule has 3 rings (SSSR count). The number of ether oxygens (including phenoxy) is 1. The van der Waals surface area contributed by atoms with Crippen molar-refractivity contribution in [2.45, 2.75) is 69.6 Å². The van der Waals surface area contributed by atoms with E-state index in [9.17, 15) is 8.42 Å². The molecule has 1 aromatic heterocycles. The van der Waals surface area contributed by atoms with E-state index in [2.05, 4.69) is 11.9 Å². The Morgan fingerprint density at radius 2 is 1.52 bits per heavy atom. The van der Waals surface area contributed by atoms with Crippen LogP contribution in [-0.2, 0) is 10.0 Å². The van der Waals surface area contributed by atoms with Crippen LogP contribution in [0.2, 0.25) is 0 Å². The second kappa shape index (κ2) is 12.6. The van der Waals surface area contributed by atoms with E-state index >= 15 is 0 Å². The third-order valence-corrected chi connectivity index (χ3v) is 7.79. The minimum atomic E-state index is -3.74. The Balaban J connectivity index is 1.82. The maximum Gasteiger partial charge on any atom is 0.264 e. The summed E-state index contributed by atoms with van der Waals surface area (Å²) in [5.41, 5.74) is 1.22. The Morgan fingerprint density at radius 1 is 0.848 bits per heavy atom. The van der Waals surface area contributed by atoms with Gasteiger partial charge < -0.3 is 4.74 Å². The van der Waals surface area contributed by atoms with E-state index in [0.717, 1.165) is 24.6 Å². The molecule has 0 saturated carbocycles. The first-order valence-corrected chi connectivity index (χ1v) is 13.5. The largest absolute Gasteiger partial charge is 0.497 e. The average Bonchev–Trinajstić information content (AvgIpc) is 2.85. The molecular formula is C27H36N2O3S. The number of aromatic nitrogens is 1. The number of hydrogen-bond donors (Lipinski definition) is 0. The molecule has 0 aliphatic rings. The lowest BCUT2D eigenvalue weighted by Gasteiger charge is -2.26. The second-order valence-corrected chi connectivity index (χ2v) is 10.3. The number of sulfonamides is 1. The van der Waals surface area contributed by atoms with Crippen LogP contribution in [0.15, 0.2) is 65.7 Å². The van der Waals surface area contributed by atoms with Gasteiger partial charge in [0.15, 0.2) is 0 Å². The Kier molecular flexibility index (Phi) is 9.55. The average molecular weight is 469 g/mol. The van der Waals surface area contributed by atoms with Crippen LogP contribution in [0.1, 0.15) is 64.7 Å². The highest BCUT2D eigenvalue weighted by Gasteiger charge is 2.27. The Labute approximate surface area is 198 Å². The van der Waals surface area contributed by atoms with Crippen molar-refractivity contribution in [3.05, 3.63) is 60.8 Å². The van der Waals surface area contributed by atoms with Crippen molar-refractivity contribution < 1.29 is 13.2 Å². The SMILES string of the molecule is CCCCCCCCCCCN(c1cc(OC)cc2cccnc12)S(=O)(=O)c1ccccc1. The molecule has 0 N–H and O–H groups in total. The first kappa shape index (κ1) is 25.0. The molecule has 0 radical (unpaired) electrons. The quantitative estimate of drug-likeness (QED) is 0.240. The van der Waals surface area contributed by atoms with Gasteiger partial charge in [0.05, 0.1) is 23.2 Å². The van der Waals surface area contributed by atoms with Gasteiger partial charge >= 0.3 is 0 Å². The van der Waals surface area contributed by atoms with Gasteiger partial charge in [-0.2, -0.15) is 0 Å². The van der Waals surface area contributed by atoms with Crippen molar-refractivity contribution in [2.24, 2.45) is 0 Å². The Hall–Kier alpha value is -2.60. The summed E-state index contributed by atoms with van der Waals surface area (Å²) < 4.78 is 34.4. The molecular weight excluding hydrogens is 432 g/mol. The second-order valence-electron chi connectivity index (χ2n) is 8.44. The van der Waals surface area contributed by atoms with Crippen LogP contribution in [0.25, 0.3) is 10.9 Å². The van der Waals surface area contributed by atoms with Gasteiger partial charge in [-0.05, 0) is 30.7 Å². The first-order valence-electron chi connectivity index (χ1n) is 12.1. The fourth-order valence-corrected chi connectivity index (χ4v) is 5.63. The number of pyridine rings is 1. The molecule has 0 aliphatic carbocycles. The smallest absolute Gasteiger partial charge is 0.264 e. The number of unbranched alkanes of at least 4 members (excludes halogenated alkanes) is 8. The summed E-state index contributed by atoms with van der Waals surface area (Å²) in [5, 5.41) is 0.854. The van der Waals surface area contributed by atoms with E-state index in [4.69, 9.17) is 4.74 Å². The Morgan fingerprint density at radius 3 is 2.18 bits per heavy atom. The fraction of sp³-hybridized carbons (Fsp3) is 0.444. The van der Waals surface area contributed by atoms with Crippen molar-refractivity contribution in [1.29, 1.82) is 0 Å². The first-order chi connectivity index (χ1) is 16.1. The third kappa shape index (κ3) is 6.70. The molecule has 5 nitrogen and oxygen atoms in total. The number of methoxy groups -OCH3 is 1. The van der Waals surface area contributed by atoms with Gasteiger partial charge in [0.25, 0.3) is 10.0 Å². The summed E-state index contributed by atoms with van der Waals surface area (Å²) in [4.78, 5) is 4.80. The van der Waals surface area contributed by atoms with Crippen molar-refractivity contribution in [3.63, 3.8) is 0 Å². The van der Waals surface area contributed by atoms with Gasteiger partial charge in [-0.15, -0.1) is 0 Å². The number of rotatable bonds is 14. The van der Waals surface area contributed by atoms with Crippen LogP contribution in [-0.4, -0.2) is 27.1 Å². The molecule has 0 saturated heterocycles. The lowest BCUT2D eigenvalue weighted by Crippen LogP contribution is -2.32. The predicted octanol–water partition coefficient (Wildman–Crippen LogP) is 6.97. The Bertz CT molecular complexity index is 1100. The molecule has 0 bridgehead atoms. The number of hydrogen-bond acceptors (Lipinski definition) is 4. The molecule has 6 heteroatoms. The van der Waals surface area contributed by atoms with Crippen LogP contribution < -0.4 is 9.04 Å². The number of benzene rings is 2. The van der Waals surface area contributed by atoms with Gasteiger partial charge in [-0.1, -0.05) is 82.6 Å². The van der Waals surface area contributed by atoms with E-state index < -0.39 is 10.0 Å². The zero-order valence-electron chi connectivity index (χ0n) is 19.9. The number of fused-ring (bicyclic) bond motifs is 1. The zero-order chi connectivity index (χ0) is 23.5. The lowest BCUT2D eigenvalue weighted by atomic mass is 10.1. The number of anilines is 1. The highest BCUT2D eigenvalue weighted by Crippen LogP contribution is 2.34. The van der Waals surface area contributed by atoms with Crippen LogP contribution in [0.3, 0.4) is 0 Å². The summed E-state index contributed by atoms with van der Waals surface area (Å²) in [6.45, 7) is 2.64. The summed E-state index contributed by atoms with van der Waals surface area (Å²) in [5.74, 6) is 0.617. The van der Waals surface area contributed by atoms with E-state index in [1.807, 2.05) is 24.3 Å². The standard InChI is InChI=1S/C27H36N2O3S/c1-3-4-5-6-7-8-9-10-14-20-29(33(30,31)25-17-12-11-13-18-25)26-22-24(32-2)21-23-16-15-19-28-27(23)26/h11-13,15-19,21-22H,3-10,14,20H2,1-2H3. The van der Waals surface area contributed by atoms with E-state index in [-0.39, 0.29) is 4.90 Å². The molecule has 178 valence electrons. The molecule has 33 heavy (non-hydrogen) atoms. The third-order valence-electron chi connectivity index (χ3n) is 5.96. The van der Waals surface area contributed by atoms with Crippen LogP contribution >= 0.6 is 0 Å². The van der Waals surface area contributed by atoms with Gasteiger partial charge in [-0.25, -0.2) is 8.42 Å². The molecule has 0 aliphatic heterocycles. The van der Waals surface area contributed by atoms with Crippen molar-refractivity contribution in [2.75, 3.05) is 18.0 Å². The van der Waals surface area contributed by atoms with Gasteiger partial charge in [-0.3, -0.25) is 9.29 Å². The fourth-order valence-electron chi connectivity index (χ4n) is 4.11. The predicted molar refractivity (Wildman–Crippen MR) is 136 cm³/mol. The van der Waals surface area contributed by atoms with E-state index in [1.165, 1.54) is 42.8 Å². The lowest BCUT2D eigenvalue weighted by molar-refractivity contribution is 0.415. The maximum atomic E-state index is 13.7. The van der Waals surface area contributed by atoms with Crippen molar-refractivity contribution in [1.82, 2.24) is 4.98 Å². The molecule has 2 aromatic carbocycles. The van der Waals surface area contributed by atoms with Crippen LogP contribution in [0.5, 0.6) is 5.75 Å². The molecule has 0 atom stereocenters. The van der Waals surface area contributed by atoms with Gasteiger partial charge in [0, 0.05) is 24.2 Å². The van der Waals surface area contributed by atoms with Gasteiger partial charge in [0.2, 0.25) is 0 Å². The molecule has 0 spiro atoms. The van der Waals surface area contributed by atoms with Crippen molar-refractivity contribution >= 4 is 26.6 Å². The summed E-state index contributed by atoms with van der Waals surface area (Å²) in [6.07, 6.45) is 12.3. The minimum Gasteiger partial charge on any atom is -0.497 e. The number of nitrogens with zero attached hydrogens (tertiary/aromatic N) is 2. The molecule has 0 unspecified atom stereocenters. The van der Waals surface area contributed by atoms with Crippen LogP contribution in [0.4, 0.5) is 5.69 Å². The van der Waals surface area contributed by atoms with Gasteiger partial charge in [0.1, 0.15) is 5.75 Å². The van der Waals surface area contributed by atoms with E-state index in [1.54, 1.807) is 43.6 Å². The maximum absolute atomic E-state index is 13.7. The highest BCUT2D eigenvalue weighted by molar-refractivity contribution is 7.92. The zero-order valence-corrected chi connectivity index (χ0v) is 20.7. The molecule has 3 aromatic rings.